The van der Waals surface area contributed by atoms with Crippen LogP contribution in [0.5, 0.6) is 0 Å². The van der Waals surface area contributed by atoms with Crippen molar-refractivity contribution in [2.75, 3.05) is 5.32 Å². The van der Waals surface area contributed by atoms with Gasteiger partial charge in [-0.2, -0.15) is 5.10 Å². The molecule has 0 unspecified atom stereocenters. The van der Waals surface area contributed by atoms with Crippen LogP contribution in [0.3, 0.4) is 0 Å². The van der Waals surface area contributed by atoms with Crippen molar-refractivity contribution in [3.05, 3.63) is 108 Å². The number of hydrogen-bond donors (Lipinski definition) is 1. The molecule has 33 heavy (non-hydrogen) atoms. The molecule has 2 heterocycles. The van der Waals surface area contributed by atoms with Gasteiger partial charge < -0.3 is 5.32 Å². The predicted molar refractivity (Wildman–Crippen MR) is 123 cm³/mol. The minimum absolute atomic E-state index is 0.0741. The van der Waals surface area contributed by atoms with Crippen LogP contribution in [0, 0.1) is 0 Å². The van der Waals surface area contributed by atoms with E-state index in [0.29, 0.717) is 16.9 Å². The SMILES string of the molecule is O=C(Nc1ccc(-c2ccccc2)cc1)c1cnn2c(C(F)F)cc(-c3ccccc3)nc12. The molecule has 0 aliphatic rings. The topological polar surface area (TPSA) is 59.3 Å². The zero-order valence-corrected chi connectivity index (χ0v) is 17.3. The van der Waals surface area contributed by atoms with Crippen LogP contribution >= 0.6 is 0 Å². The van der Waals surface area contributed by atoms with Crippen LogP contribution in [0.25, 0.3) is 28.0 Å². The van der Waals surface area contributed by atoms with Crippen LogP contribution in [0.2, 0.25) is 0 Å². The van der Waals surface area contributed by atoms with Gasteiger partial charge in [-0.25, -0.2) is 18.3 Å². The predicted octanol–water partition coefficient (Wildman–Crippen LogP) is 6.25. The number of nitrogens with zero attached hydrogens (tertiary/aromatic N) is 3. The molecule has 0 atom stereocenters. The van der Waals surface area contributed by atoms with Crippen molar-refractivity contribution in [3.8, 4) is 22.4 Å². The number of carbonyl (C=O) groups excluding carboxylic acids is 1. The first-order valence-corrected chi connectivity index (χ1v) is 10.3. The van der Waals surface area contributed by atoms with Gasteiger partial charge >= 0.3 is 0 Å². The van der Waals surface area contributed by atoms with E-state index in [2.05, 4.69) is 15.4 Å². The summed E-state index contributed by atoms with van der Waals surface area (Å²) in [4.78, 5) is 17.5. The lowest BCUT2D eigenvalue weighted by molar-refractivity contribution is 0.102. The molecule has 0 aliphatic carbocycles. The minimum Gasteiger partial charge on any atom is -0.322 e. The molecule has 0 aliphatic heterocycles. The number of benzene rings is 3. The highest BCUT2D eigenvalue weighted by atomic mass is 19.3. The first-order chi connectivity index (χ1) is 16.1. The van der Waals surface area contributed by atoms with E-state index in [1.54, 1.807) is 36.4 Å². The molecule has 0 fully saturated rings. The van der Waals surface area contributed by atoms with Gasteiger partial charge in [-0.3, -0.25) is 4.79 Å². The third kappa shape index (κ3) is 4.08. The summed E-state index contributed by atoms with van der Waals surface area (Å²) < 4.78 is 28.5. The number of amides is 1. The van der Waals surface area contributed by atoms with Gasteiger partial charge in [0.2, 0.25) is 0 Å². The van der Waals surface area contributed by atoms with E-state index < -0.39 is 12.3 Å². The van der Waals surface area contributed by atoms with E-state index in [1.165, 1.54) is 12.3 Å². The number of hydrogen-bond acceptors (Lipinski definition) is 3. The fraction of sp³-hybridized carbons (Fsp3) is 0.0385. The average Bonchev–Trinajstić information content (AvgIpc) is 3.29. The molecule has 7 heteroatoms. The largest absolute Gasteiger partial charge is 0.322 e. The maximum Gasteiger partial charge on any atom is 0.280 e. The monoisotopic (exact) mass is 440 g/mol. The highest BCUT2D eigenvalue weighted by molar-refractivity contribution is 6.08. The maximum absolute atomic E-state index is 13.7. The number of nitrogens with one attached hydrogen (secondary N) is 1. The molecule has 5 rings (SSSR count). The van der Waals surface area contributed by atoms with E-state index in [1.807, 2.05) is 48.5 Å². The van der Waals surface area contributed by atoms with Crippen LogP contribution in [-0.2, 0) is 0 Å². The normalized spacial score (nSPS) is 11.1. The van der Waals surface area contributed by atoms with Crippen molar-refractivity contribution < 1.29 is 13.6 Å². The van der Waals surface area contributed by atoms with Gasteiger partial charge in [0.15, 0.2) is 5.65 Å². The second-order valence-electron chi connectivity index (χ2n) is 7.42. The summed E-state index contributed by atoms with van der Waals surface area (Å²) in [7, 11) is 0. The molecule has 1 amide bonds. The second-order valence-corrected chi connectivity index (χ2v) is 7.42. The molecule has 0 saturated carbocycles. The Morgan fingerprint density at radius 1 is 0.818 bits per heavy atom. The Balaban J connectivity index is 1.48. The zero-order valence-electron chi connectivity index (χ0n) is 17.3. The molecule has 2 aromatic heterocycles. The highest BCUT2D eigenvalue weighted by Gasteiger charge is 2.21. The van der Waals surface area contributed by atoms with Gasteiger partial charge in [0.25, 0.3) is 12.3 Å². The van der Waals surface area contributed by atoms with Gasteiger partial charge in [0, 0.05) is 11.3 Å². The Morgan fingerprint density at radius 3 is 2.06 bits per heavy atom. The van der Waals surface area contributed by atoms with Crippen molar-refractivity contribution in [2.45, 2.75) is 6.43 Å². The Labute approximate surface area is 188 Å². The fourth-order valence-corrected chi connectivity index (χ4v) is 3.63. The third-order valence-electron chi connectivity index (χ3n) is 5.29. The number of fused-ring (bicyclic) bond motifs is 1. The van der Waals surface area contributed by atoms with Crippen molar-refractivity contribution in [1.29, 1.82) is 0 Å². The molecule has 0 saturated heterocycles. The van der Waals surface area contributed by atoms with Crippen LogP contribution < -0.4 is 5.32 Å². The standard InChI is InChI=1S/C26H18F2N4O/c27-24(28)23-15-22(19-9-5-2-6-10-19)31-25-21(16-29-32(23)25)26(33)30-20-13-11-18(12-14-20)17-7-3-1-4-8-17/h1-16,24H,(H,30,33). The summed E-state index contributed by atoms with van der Waals surface area (Å²) in [6.07, 6.45) is -1.52. The van der Waals surface area contributed by atoms with Gasteiger partial charge in [0.05, 0.1) is 11.9 Å². The molecule has 0 radical (unpaired) electrons. The van der Waals surface area contributed by atoms with E-state index in [-0.39, 0.29) is 16.9 Å². The lowest BCUT2D eigenvalue weighted by Crippen LogP contribution is -2.12. The summed E-state index contributed by atoms with van der Waals surface area (Å²) in [5, 5.41) is 6.81. The molecule has 1 N–H and O–H groups in total. The minimum atomic E-state index is -2.78. The number of halogens is 2. The van der Waals surface area contributed by atoms with Crippen molar-refractivity contribution >= 4 is 17.2 Å². The van der Waals surface area contributed by atoms with Crippen molar-refractivity contribution in [1.82, 2.24) is 14.6 Å². The summed E-state index contributed by atoms with van der Waals surface area (Å²) in [5.41, 5.74) is 3.53. The first-order valence-electron chi connectivity index (χ1n) is 10.3. The Hall–Kier alpha value is -4.39. The number of rotatable bonds is 5. The molecule has 0 bridgehead atoms. The third-order valence-corrected chi connectivity index (χ3v) is 5.29. The van der Waals surface area contributed by atoms with Gasteiger partial charge in [-0.05, 0) is 29.3 Å². The lowest BCUT2D eigenvalue weighted by atomic mass is 10.1. The Kier molecular flexibility index (Phi) is 5.36. The quantitative estimate of drug-likeness (QED) is 0.351. The summed E-state index contributed by atoms with van der Waals surface area (Å²) >= 11 is 0. The van der Waals surface area contributed by atoms with Crippen LogP contribution in [0.1, 0.15) is 22.5 Å². The zero-order chi connectivity index (χ0) is 22.8. The van der Waals surface area contributed by atoms with Crippen LogP contribution in [0.15, 0.2) is 97.2 Å². The second kappa shape index (κ2) is 8.63. The van der Waals surface area contributed by atoms with Crippen LogP contribution in [0.4, 0.5) is 14.5 Å². The Morgan fingerprint density at radius 2 is 1.42 bits per heavy atom. The lowest BCUT2D eigenvalue weighted by Gasteiger charge is -2.09. The molecule has 5 aromatic rings. The number of aromatic nitrogens is 3. The molecular formula is C26H18F2N4O. The molecule has 0 spiro atoms. The number of alkyl halides is 2. The molecular weight excluding hydrogens is 422 g/mol. The van der Waals surface area contributed by atoms with Crippen molar-refractivity contribution in [2.24, 2.45) is 0 Å². The molecule has 5 nitrogen and oxygen atoms in total. The fourth-order valence-electron chi connectivity index (χ4n) is 3.63. The van der Waals surface area contributed by atoms with Gasteiger partial charge in [-0.1, -0.05) is 72.8 Å². The summed E-state index contributed by atoms with van der Waals surface area (Å²) in [5.74, 6) is -0.476. The summed E-state index contributed by atoms with van der Waals surface area (Å²) in [6.45, 7) is 0. The Bertz CT molecular complexity index is 1420. The first kappa shape index (κ1) is 20.5. The van der Waals surface area contributed by atoms with Gasteiger partial charge in [-0.15, -0.1) is 0 Å². The van der Waals surface area contributed by atoms with E-state index >= 15 is 0 Å². The van der Waals surface area contributed by atoms with E-state index in [0.717, 1.165) is 15.6 Å². The van der Waals surface area contributed by atoms with E-state index in [4.69, 9.17) is 0 Å². The number of anilines is 1. The van der Waals surface area contributed by atoms with Gasteiger partial charge in [0.1, 0.15) is 11.3 Å². The molecule has 3 aromatic carbocycles. The molecule has 162 valence electrons. The number of carbonyl (C=O) groups is 1. The smallest absolute Gasteiger partial charge is 0.280 e. The maximum atomic E-state index is 13.7. The highest BCUT2D eigenvalue weighted by Crippen LogP contribution is 2.27. The average molecular weight is 440 g/mol. The van der Waals surface area contributed by atoms with Crippen molar-refractivity contribution in [3.63, 3.8) is 0 Å². The van der Waals surface area contributed by atoms with E-state index in [9.17, 15) is 13.6 Å². The van der Waals surface area contributed by atoms with Crippen LogP contribution in [-0.4, -0.2) is 20.5 Å². The summed E-state index contributed by atoms with van der Waals surface area (Å²) in [6, 6.07) is 27.5.